The maximum Gasteiger partial charge on any atom is 0.238 e. The van der Waals surface area contributed by atoms with Gasteiger partial charge in [-0.05, 0) is 38.0 Å². The van der Waals surface area contributed by atoms with Crippen LogP contribution in [0.25, 0.3) is 0 Å². The molecule has 1 unspecified atom stereocenters. The second kappa shape index (κ2) is 5.58. The lowest BCUT2D eigenvalue weighted by Gasteiger charge is -2.18. The van der Waals surface area contributed by atoms with Crippen LogP contribution in [0.15, 0.2) is 17.0 Å². The lowest BCUT2D eigenvalue weighted by molar-refractivity contribution is 0.597. The maximum absolute atomic E-state index is 11.5. The number of hydrogen-bond donors (Lipinski definition) is 3. The summed E-state index contributed by atoms with van der Waals surface area (Å²) in [7, 11) is -3.75. The summed E-state index contributed by atoms with van der Waals surface area (Å²) in [5, 5.41) is 8.44. The van der Waals surface area contributed by atoms with E-state index in [4.69, 9.17) is 10.9 Å². The number of sulfonamides is 1. The Hall–Kier alpha value is -1.27. The summed E-state index contributed by atoms with van der Waals surface area (Å²) >= 11 is 0. The Morgan fingerprint density at radius 1 is 1.39 bits per heavy atom. The number of benzene rings is 1. The monoisotopic (exact) mass is 271 g/mol. The van der Waals surface area contributed by atoms with Crippen LogP contribution >= 0.6 is 0 Å². The number of rotatable bonds is 5. The molecule has 6 heteroatoms. The van der Waals surface area contributed by atoms with Crippen LogP contribution < -0.4 is 16.2 Å². The zero-order valence-corrected chi connectivity index (χ0v) is 11.8. The molecule has 0 saturated heterocycles. The zero-order chi connectivity index (χ0) is 13.9. The van der Waals surface area contributed by atoms with Crippen molar-refractivity contribution in [1.82, 2.24) is 0 Å². The molecule has 0 aliphatic rings. The lowest BCUT2D eigenvalue weighted by Crippen LogP contribution is -2.19. The highest BCUT2D eigenvalue weighted by Gasteiger charge is 2.16. The van der Waals surface area contributed by atoms with E-state index >= 15 is 0 Å². The molecule has 1 aromatic rings. The third-order valence-corrected chi connectivity index (χ3v) is 3.85. The van der Waals surface area contributed by atoms with Crippen molar-refractivity contribution in [3.8, 4) is 0 Å². The van der Waals surface area contributed by atoms with E-state index < -0.39 is 10.0 Å². The number of primary sulfonamides is 1. The fourth-order valence-electron chi connectivity index (χ4n) is 1.93. The van der Waals surface area contributed by atoms with Gasteiger partial charge in [0, 0.05) is 17.4 Å². The van der Waals surface area contributed by atoms with E-state index in [1.54, 1.807) is 13.0 Å². The first-order valence-electron chi connectivity index (χ1n) is 5.95. The first-order valence-corrected chi connectivity index (χ1v) is 7.49. The SMILES string of the molecule is CCCC(C)Nc1cc(N)cc(S(N)(=O)=O)c1C. The van der Waals surface area contributed by atoms with Gasteiger partial charge in [0.15, 0.2) is 0 Å². The van der Waals surface area contributed by atoms with Crippen molar-refractivity contribution < 1.29 is 8.42 Å². The van der Waals surface area contributed by atoms with E-state index in [1.807, 2.05) is 6.92 Å². The van der Waals surface area contributed by atoms with Gasteiger partial charge in [-0.3, -0.25) is 0 Å². The minimum atomic E-state index is -3.75. The summed E-state index contributed by atoms with van der Waals surface area (Å²) in [6.07, 6.45) is 2.05. The van der Waals surface area contributed by atoms with Crippen molar-refractivity contribution in [2.75, 3.05) is 11.1 Å². The van der Waals surface area contributed by atoms with E-state index in [0.717, 1.165) is 18.5 Å². The maximum atomic E-state index is 11.5. The smallest absolute Gasteiger partial charge is 0.238 e. The molecule has 0 heterocycles. The number of nitrogen functional groups attached to an aromatic ring is 1. The van der Waals surface area contributed by atoms with Gasteiger partial charge in [-0.1, -0.05) is 13.3 Å². The van der Waals surface area contributed by atoms with E-state index in [1.165, 1.54) is 6.07 Å². The van der Waals surface area contributed by atoms with Crippen LogP contribution in [0.5, 0.6) is 0 Å². The third kappa shape index (κ3) is 3.61. The van der Waals surface area contributed by atoms with Gasteiger partial charge in [0.1, 0.15) is 0 Å². The molecule has 0 aliphatic heterocycles. The van der Waals surface area contributed by atoms with Gasteiger partial charge in [-0.15, -0.1) is 0 Å². The molecule has 0 fully saturated rings. The Kier molecular flexibility index (Phi) is 4.59. The van der Waals surface area contributed by atoms with Crippen molar-refractivity contribution in [1.29, 1.82) is 0 Å². The molecular formula is C12H21N3O2S. The predicted octanol–water partition coefficient (Wildman–Crippen LogP) is 1.83. The Labute approximate surface area is 109 Å². The first kappa shape index (κ1) is 14.8. The highest BCUT2D eigenvalue weighted by molar-refractivity contribution is 7.89. The molecular weight excluding hydrogens is 250 g/mol. The molecule has 0 bridgehead atoms. The van der Waals surface area contributed by atoms with Crippen molar-refractivity contribution in [3.63, 3.8) is 0 Å². The van der Waals surface area contributed by atoms with Crippen LogP contribution in [0.1, 0.15) is 32.3 Å². The van der Waals surface area contributed by atoms with Crippen molar-refractivity contribution in [2.24, 2.45) is 5.14 Å². The average molecular weight is 271 g/mol. The Balaban J connectivity index is 3.18. The number of nitrogens with two attached hydrogens (primary N) is 2. The van der Waals surface area contributed by atoms with Gasteiger partial charge in [0.25, 0.3) is 0 Å². The average Bonchev–Trinajstić information content (AvgIpc) is 2.21. The van der Waals surface area contributed by atoms with E-state index in [9.17, 15) is 8.42 Å². The molecule has 1 aromatic carbocycles. The van der Waals surface area contributed by atoms with Gasteiger partial charge in [-0.25, -0.2) is 13.6 Å². The first-order chi connectivity index (χ1) is 8.25. The number of anilines is 2. The normalized spacial score (nSPS) is 13.3. The molecule has 1 rings (SSSR count). The van der Waals surface area contributed by atoms with Crippen LogP contribution in [-0.2, 0) is 10.0 Å². The highest BCUT2D eigenvalue weighted by atomic mass is 32.2. The van der Waals surface area contributed by atoms with Gasteiger partial charge < -0.3 is 11.1 Å². The van der Waals surface area contributed by atoms with Crippen LogP contribution in [0, 0.1) is 6.92 Å². The summed E-state index contributed by atoms with van der Waals surface area (Å²) in [5.74, 6) is 0. The molecule has 0 spiro atoms. The Morgan fingerprint density at radius 3 is 2.50 bits per heavy atom. The van der Waals surface area contributed by atoms with Crippen molar-refractivity contribution in [2.45, 2.75) is 44.6 Å². The second-order valence-corrected chi connectivity index (χ2v) is 6.10. The fourth-order valence-corrected chi connectivity index (χ4v) is 2.76. The van der Waals surface area contributed by atoms with Crippen LogP contribution in [0.3, 0.4) is 0 Å². The summed E-state index contributed by atoms with van der Waals surface area (Å²) < 4.78 is 22.9. The molecule has 1 atom stereocenters. The molecule has 0 aliphatic carbocycles. The predicted molar refractivity (Wildman–Crippen MR) is 75.0 cm³/mol. The van der Waals surface area contributed by atoms with Gasteiger partial charge >= 0.3 is 0 Å². The van der Waals surface area contributed by atoms with Gasteiger partial charge in [-0.2, -0.15) is 0 Å². The molecule has 0 amide bonds. The van der Waals surface area contributed by atoms with E-state index in [-0.39, 0.29) is 10.9 Å². The molecule has 5 N–H and O–H groups in total. The number of hydrogen-bond acceptors (Lipinski definition) is 4. The van der Waals surface area contributed by atoms with Crippen molar-refractivity contribution >= 4 is 21.4 Å². The highest BCUT2D eigenvalue weighted by Crippen LogP contribution is 2.26. The standard InChI is InChI=1S/C12H21N3O2S/c1-4-5-8(2)15-11-6-10(13)7-12(9(11)3)18(14,16)17/h6-8,15H,4-5,13H2,1-3H3,(H2,14,16,17). The van der Waals surface area contributed by atoms with Crippen LogP contribution in [0.2, 0.25) is 0 Å². The fraction of sp³-hybridized carbons (Fsp3) is 0.500. The van der Waals surface area contributed by atoms with Gasteiger partial charge in [0.2, 0.25) is 10.0 Å². The summed E-state index contributed by atoms with van der Waals surface area (Å²) in [6, 6.07) is 3.38. The quantitative estimate of drug-likeness (QED) is 0.711. The second-order valence-electron chi connectivity index (χ2n) is 4.57. The molecule has 0 aromatic heterocycles. The molecule has 5 nitrogen and oxygen atoms in total. The topological polar surface area (TPSA) is 98.2 Å². The third-order valence-electron chi connectivity index (χ3n) is 2.81. The summed E-state index contributed by atoms with van der Waals surface area (Å²) in [4.78, 5) is 0.0775. The van der Waals surface area contributed by atoms with E-state index in [2.05, 4.69) is 12.2 Å². The largest absolute Gasteiger partial charge is 0.399 e. The Morgan fingerprint density at radius 2 is 2.00 bits per heavy atom. The summed E-state index contributed by atoms with van der Waals surface area (Å²) in [6.45, 7) is 5.86. The van der Waals surface area contributed by atoms with E-state index in [0.29, 0.717) is 11.3 Å². The summed E-state index contributed by atoms with van der Waals surface area (Å²) in [5.41, 5.74) is 7.43. The Bertz CT molecular complexity index is 526. The van der Waals surface area contributed by atoms with Crippen molar-refractivity contribution in [3.05, 3.63) is 17.7 Å². The molecule has 0 radical (unpaired) electrons. The van der Waals surface area contributed by atoms with Crippen LogP contribution in [0.4, 0.5) is 11.4 Å². The molecule has 18 heavy (non-hydrogen) atoms. The number of nitrogens with one attached hydrogen (secondary N) is 1. The minimum absolute atomic E-state index is 0.0775. The van der Waals surface area contributed by atoms with Crippen LogP contribution in [-0.4, -0.2) is 14.5 Å². The molecule has 102 valence electrons. The zero-order valence-electron chi connectivity index (χ0n) is 11.0. The molecule has 0 saturated carbocycles. The van der Waals surface area contributed by atoms with Gasteiger partial charge in [0.05, 0.1) is 4.90 Å². The lowest BCUT2D eigenvalue weighted by atomic mass is 10.1. The minimum Gasteiger partial charge on any atom is -0.399 e.